The van der Waals surface area contributed by atoms with Gasteiger partial charge in [0.05, 0.1) is 6.04 Å². The van der Waals surface area contributed by atoms with E-state index in [4.69, 9.17) is 4.74 Å². The van der Waals surface area contributed by atoms with Crippen LogP contribution in [0.1, 0.15) is 45.1 Å². The fourth-order valence-corrected chi connectivity index (χ4v) is 5.65. The minimum Gasteiger partial charge on any atom is -0.449 e. The molecule has 0 amide bonds. The van der Waals surface area contributed by atoms with Crippen molar-refractivity contribution in [3.63, 3.8) is 0 Å². The molecule has 2 saturated heterocycles. The summed E-state index contributed by atoms with van der Waals surface area (Å²) in [4.78, 5) is 17.1. The van der Waals surface area contributed by atoms with E-state index < -0.39 is 5.60 Å². The lowest BCUT2D eigenvalue weighted by molar-refractivity contribution is -0.148. The molecule has 0 radical (unpaired) electrons. The van der Waals surface area contributed by atoms with Crippen molar-refractivity contribution in [2.75, 3.05) is 24.5 Å². The van der Waals surface area contributed by atoms with Crippen LogP contribution in [0, 0.1) is 11.8 Å². The zero-order valence-corrected chi connectivity index (χ0v) is 17.3. The number of piperidine rings is 1. The van der Waals surface area contributed by atoms with Crippen molar-refractivity contribution in [2.45, 2.75) is 57.2 Å². The predicted molar refractivity (Wildman–Crippen MR) is 115 cm³/mol. The predicted octanol–water partition coefficient (Wildman–Crippen LogP) is 3.67. The smallest absolute Gasteiger partial charge is 0.332 e. The van der Waals surface area contributed by atoms with E-state index in [0.717, 1.165) is 49.2 Å². The Morgan fingerprint density at radius 3 is 2.72 bits per heavy atom. The molecular formula is C25H28N2O2. The quantitative estimate of drug-likeness (QED) is 0.584. The first-order valence-corrected chi connectivity index (χ1v) is 10.9. The molecule has 0 aromatic heterocycles. The molecule has 0 saturated carbocycles. The van der Waals surface area contributed by atoms with Crippen LogP contribution in [0.4, 0.5) is 5.69 Å². The summed E-state index contributed by atoms with van der Waals surface area (Å²) >= 11 is 0. The monoisotopic (exact) mass is 388 g/mol. The van der Waals surface area contributed by atoms with Gasteiger partial charge in [0.25, 0.3) is 0 Å². The zero-order valence-electron chi connectivity index (χ0n) is 17.3. The summed E-state index contributed by atoms with van der Waals surface area (Å²) in [5, 5.41) is 0. The summed E-state index contributed by atoms with van der Waals surface area (Å²) in [5.41, 5.74) is 3.75. The molecule has 4 nitrogen and oxygen atoms in total. The van der Waals surface area contributed by atoms with Gasteiger partial charge in [-0.25, -0.2) is 4.79 Å². The van der Waals surface area contributed by atoms with Crippen molar-refractivity contribution in [1.82, 2.24) is 4.90 Å². The number of rotatable bonds is 3. The molecule has 1 aliphatic carbocycles. The molecular weight excluding hydrogens is 360 g/mol. The Hall–Kier alpha value is -2.51. The minimum absolute atomic E-state index is 0.204. The molecule has 150 valence electrons. The number of nitrogens with zero attached hydrogens (tertiary/aromatic N) is 2. The van der Waals surface area contributed by atoms with Crippen molar-refractivity contribution in [1.29, 1.82) is 0 Å². The van der Waals surface area contributed by atoms with E-state index in [9.17, 15) is 4.79 Å². The van der Waals surface area contributed by atoms with Gasteiger partial charge in [-0.05, 0) is 57.5 Å². The number of hydrogen-bond donors (Lipinski definition) is 0. The SMILES string of the molecule is CCN(CC)c1ccc(C#CC2=C[C@@H]3C[C@@]4(OC(=O)C=C24)[C@H]2CCCCN32)cc1. The van der Waals surface area contributed by atoms with Crippen LogP contribution in [0.2, 0.25) is 0 Å². The Morgan fingerprint density at radius 2 is 1.97 bits per heavy atom. The molecule has 0 N–H and O–H groups in total. The van der Waals surface area contributed by atoms with Gasteiger partial charge < -0.3 is 9.64 Å². The summed E-state index contributed by atoms with van der Waals surface area (Å²) in [6, 6.07) is 9.09. The Morgan fingerprint density at radius 1 is 1.17 bits per heavy atom. The number of carbonyl (C=O) groups excluding carboxylic acids is 1. The van der Waals surface area contributed by atoms with E-state index in [1.807, 2.05) is 0 Å². The van der Waals surface area contributed by atoms with E-state index in [0.29, 0.717) is 12.1 Å². The van der Waals surface area contributed by atoms with E-state index in [-0.39, 0.29) is 5.97 Å². The Labute approximate surface area is 173 Å². The number of ether oxygens (including phenoxy) is 1. The molecule has 29 heavy (non-hydrogen) atoms. The van der Waals surface area contributed by atoms with Crippen LogP contribution in [-0.2, 0) is 9.53 Å². The van der Waals surface area contributed by atoms with Gasteiger partial charge in [-0.15, -0.1) is 0 Å². The molecule has 2 bridgehead atoms. The van der Waals surface area contributed by atoms with Crippen LogP contribution < -0.4 is 4.90 Å². The second kappa shape index (κ2) is 7.07. The Bertz CT molecular complexity index is 945. The lowest BCUT2D eigenvalue weighted by atomic mass is 9.77. The fourth-order valence-electron chi connectivity index (χ4n) is 5.65. The first kappa shape index (κ1) is 18.5. The van der Waals surface area contributed by atoms with Crippen LogP contribution in [-0.4, -0.2) is 48.2 Å². The summed E-state index contributed by atoms with van der Waals surface area (Å²) < 4.78 is 5.97. The molecule has 5 rings (SSSR count). The van der Waals surface area contributed by atoms with Gasteiger partial charge >= 0.3 is 5.97 Å². The van der Waals surface area contributed by atoms with Gasteiger partial charge in [0.2, 0.25) is 0 Å². The maximum atomic E-state index is 12.2. The third kappa shape index (κ3) is 2.91. The van der Waals surface area contributed by atoms with Crippen LogP contribution in [0.15, 0.2) is 47.6 Å². The third-order valence-corrected chi connectivity index (χ3v) is 7.01. The number of fused-ring (bicyclic) bond motifs is 3. The molecule has 1 aromatic rings. The number of hydrogen-bond acceptors (Lipinski definition) is 4. The fraction of sp³-hybridized carbons (Fsp3) is 0.480. The first-order valence-electron chi connectivity index (χ1n) is 10.9. The molecule has 2 fully saturated rings. The largest absolute Gasteiger partial charge is 0.449 e. The van der Waals surface area contributed by atoms with Crippen LogP contribution in [0.3, 0.4) is 0 Å². The first-order chi connectivity index (χ1) is 14.1. The van der Waals surface area contributed by atoms with Gasteiger partial charge in [-0.1, -0.05) is 24.3 Å². The second-order valence-electron chi connectivity index (χ2n) is 8.44. The van der Waals surface area contributed by atoms with Crippen molar-refractivity contribution in [3.8, 4) is 11.8 Å². The molecule has 3 heterocycles. The topological polar surface area (TPSA) is 32.8 Å². The van der Waals surface area contributed by atoms with Gasteiger partial charge in [0, 0.05) is 54.0 Å². The molecule has 3 aliphatic heterocycles. The lowest BCUT2D eigenvalue weighted by Gasteiger charge is -2.38. The molecule has 1 spiro atoms. The molecule has 1 aromatic carbocycles. The van der Waals surface area contributed by atoms with E-state index in [2.05, 4.69) is 65.8 Å². The van der Waals surface area contributed by atoms with E-state index in [1.165, 1.54) is 18.5 Å². The Kier molecular flexibility index (Phi) is 4.52. The molecule has 4 aliphatic rings. The number of anilines is 1. The molecule has 4 heteroatoms. The molecule has 0 unspecified atom stereocenters. The number of carbonyl (C=O) groups is 1. The van der Waals surface area contributed by atoms with Crippen molar-refractivity contribution in [2.24, 2.45) is 0 Å². The normalized spacial score (nSPS) is 29.8. The standard InChI is InChI=1S/C25H28N2O2/c1-3-26(4-2)20-12-9-18(10-13-20)8-11-19-15-21-17-25(22(19)16-24(28)29-25)23-7-5-6-14-27(21)23/h9-10,12-13,15-16,21,23H,3-7,14,17H2,1-2H3/t21-,23-,25+/m1/s1. The second-order valence-corrected chi connectivity index (χ2v) is 8.44. The van der Waals surface area contributed by atoms with Gasteiger partial charge in [0.15, 0.2) is 5.60 Å². The highest BCUT2D eigenvalue weighted by atomic mass is 16.6. The summed E-state index contributed by atoms with van der Waals surface area (Å²) in [6.45, 7) is 7.42. The average molecular weight is 389 g/mol. The maximum Gasteiger partial charge on any atom is 0.332 e. The minimum atomic E-state index is -0.465. The Balaban J connectivity index is 1.45. The average Bonchev–Trinajstić information content (AvgIpc) is 3.23. The maximum absolute atomic E-state index is 12.2. The van der Waals surface area contributed by atoms with Crippen LogP contribution in [0.5, 0.6) is 0 Å². The van der Waals surface area contributed by atoms with Gasteiger partial charge in [-0.2, -0.15) is 0 Å². The van der Waals surface area contributed by atoms with Crippen molar-refractivity contribution in [3.05, 3.63) is 53.1 Å². The zero-order chi connectivity index (χ0) is 20.0. The van der Waals surface area contributed by atoms with Crippen molar-refractivity contribution >= 4 is 11.7 Å². The number of benzene rings is 1. The van der Waals surface area contributed by atoms with E-state index >= 15 is 0 Å². The molecule has 3 atom stereocenters. The lowest BCUT2D eigenvalue weighted by Crippen LogP contribution is -2.48. The van der Waals surface area contributed by atoms with Crippen LogP contribution in [0.25, 0.3) is 0 Å². The highest BCUT2D eigenvalue weighted by molar-refractivity contribution is 5.90. The van der Waals surface area contributed by atoms with Crippen molar-refractivity contribution < 1.29 is 9.53 Å². The summed E-state index contributed by atoms with van der Waals surface area (Å²) in [6.07, 6.45) is 8.39. The summed E-state index contributed by atoms with van der Waals surface area (Å²) in [7, 11) is 0. The van der Waals surface area contributed by atoms with Crippen LogP contribution >= 0.6 is 0 Å². The number of esters is 1. The van der Waals surface area contributed by atoms with Gasteiger partial charge in [0.1, 0.15) is 0 Å². The summed E-state index contributed by atoms with van der Waals surface area (Å²) in [5.74, 6) is 6.51. The van der Waals surface area contributed by atoms with E-state index in [1.54, 1.807) is 6.08 Å². The highest BCUT2D eigenvalue weighted by Crippen LogP contribution is 2.53. The third-order valence-electron chi connectivity index (χ3n) is 7.01. The van der Waals surface area contributed by atoms with Gasteiger partial charge in [-0.3, -0.25) is 4.90 Å². The highest BCUT2D eigenvalue weighted by Gasteiger charge is 2.61.